The summed E-state index contributed by atoms with van der Waals surface area (Å²) in [7, 11) is 0. The first-order chi connectivity index (χ1) is 2.64. The van der Waals surface area contributed by atoms with E-state index in [0.717, 1.165) is 0 Å². The number of halogens is 4. The Kier molecular flexibility index (Phi) is 7.02. The van der Waals surface area contributed by atoms with Crippen molar-refractivity contribution in [2.75, 3.05) is 0 Å². The van der Waals surface area contributed by atoms with Crippen molar-refractivity contribution in [1.29, 1.82) is 0 Å². The maximum Gasteiger partial charge on any atom is 0.312 e. The Bertz CT molecular complexity index is 63.0. The second-order valence-electron chi connectivity index (χ2n) is 0.521. The maximum atomic E-state index is 10.9. The van der Waals surface area contributed by atoms with Crippen molar-refractivity contribution in [2.24, 2.45) is 0 Å². The largest absolute Gasteiger partial charge is 0.312 e. The Morgan fingerprint density at radius 1 is 1.14 bits per heavy atom. The molecule has 0 aliphatic rings. The standard InChI is InChI=1S/C2BrF3.Cu/c3-1(4)2(5)6;. The van der Waals surface area contributed by atoms with E-state index in [1.165, 1.54) is 0 Å². The molecular formula is C2BrCuF3. The van der Waals surface area contributed by atoms with Crippen molar-refractivity contribution in [3.8, 4) is 0 Å². The van der Waals surface area contributed by atoms with Gasteiger partial charge in [0.2, 0.25) is 4.74 Å². The Hall–Kier alpha value is 0.529. The zero-order chi connectivity index (χ0) is 5.15. The molecule has 0 rings (SSSR count). The minimum absolute atomic E-state index is 0. The van der Waals surface area contributed by atoms with E-state index in [2.05, 4.69) is 0 Å². The van der Waals surface area contributed by atoms with Gasteiger partial charge in [-0.2, -0.15) is 13.2 Å². The van der Waals surface area contributed by atoms with E-state index in [1.54, 1.807) is 0 Å². The summed E-state index contributed by atoms with van der Waals surface area (Å²) in [6, 6.07) is 0. The molecule has 0 N–H and O–H groups in total. The Morgan fingerprint density at radius 2 is 1.29 bits per heavy atom. The van der Waals surface area contributed by atoms with Gasteiger partial charge in [-0.3, -0.25) is 0 Å². The van der Waals surface area contributed by atoms with Gasteiger partial charge in [0.05, 0.1) is 0 Å². The van der Waals surface area contributed by atoms with Crippen LogP contribution in [0.4, 0.5) is 13.2 Å². The van der Waals surface area contributed by atoms with Crippen LogP contribution >= 0.6 is 15.9 Å². The molecule has 0 aromatic carbocycles. The summed E-state index contributed by atoms with van der Waals surface area (Å²) in [6.07, 6.45) is -2.32. The van der Waals surface area contributed by atoms with E-state index in [0.29, 0.717) is 0 Å². The quantitative estimate of drug-likeness (QED) is 0.554. The van der Waals surface area contributed by atoms with Gasteiger partial charge in [-0.05, 0) is 15.9 Å². The van der Waals surface area contributed by atoms with Gasteiger partial charge in [0.25, 0.3) is 0 Å². The van der Waals surface area contributed by atoms with E-state index in [1.807, 2.05) is 15.9 Å². The smallest absolute Gasteiger partial charge is 0.193 e. The fraction of sp³-hybridized carbons (Fsp3) is 0. The molecule has 0 aromatic heterocycles. The molecule has 0 aromatic rings. The molecule has 0 atom stereocenters. The van der Waals surface area contributed by atoms with Gasteiger partial charge < -0.3 is 0 Å². The topological polar surface area (TPSA) is 0 Å². The first kappa shape index (κ1) is 10.5. The van der Waals surface area contributed by atoms with Crippen LogP contribution < -0.4 is 0 Å². The van der Waals surface area contributed by atoms with Crippen LogP contribution in [0, 0.1) is 0 Å². The fourth-order valence-corrected chi connectivity index (χ4v) is 0. The number of hydrogen-bond donors (Lipinski definition) is 0. The van der Waals surface area contributed by atoms with Crippen molar-refractivity contribution in [1.82, 2.24) is 0 Å². The van der Waals surface area contributed by atoms with Crippen LogP contribution in [-0.2, 0) is 17.1 Å². The molecule has 0 heterocycles. The molecule has 0 aliphatic carbocycles. The molecule has 0 nitrogen and oxygen atoms in total. The number of hydrogen-bond acceptors (Lipinski definition) is 0. The van der Waals surface area contributed by atoms with Crippen molar-refractivity contribution in [3.05, 3.63) is 10.8 Å². The zero-order valence-corrected chi connectivity index (χ0v) is 5.34. The van der Waals surface area contributed by atoms with Crippen molar-refractivity contribution in [2.45, 2.75) is 0 Å². The third-order valence-electron chi connectivity index (χ3n) is 0.143. The van der Waals surface area contributed by atoms with E-state index in [9.17, 15) is 13.2 Å². The normalized spacial score (nSPS) is 6.86. The zero-order valence-electron chi connectivity index (χ0n) is 2.81. The molecule has 5 heteroatoms. The molecule has 7 heavy (non-hydrogen) atoms. The van der Waals surface area contributed by atoms with Crippen LogP contribution in [-0.4, -0.2) is 0 Å². The van der Waals surface area contributed by atoms with Gasteiger partial charge in [-0.1, -0.05) is 0 Å². The number of rotatable bonds is 0. The average molecular weight is 224 g/mol. The van der Waals surface area contributed by atoms with Gasteiger partial charge >= 0.3 is 6.08 Å². The van der Waals surface area contributed by atoms with Crippen LogP contribution in [0.1, 0.15) is 0 Å². The second-order valence-corrected chi connectivity index (χ2v) is 1.22. The third-order valence-corrected chi connectivity index (χ3v) is 0.443. The van der Waals surface area contributed by atoms with Gasteiger partial charge in [0.1, 0.15) is 0 Å². The summed E-state index contributed by atoms with van der Waals surface area (Å²) < 4.78 is 30.5. The van der Waals surface area contributed by atoms with Gasteiger partial charge in [-0.25, -0.2) is 0 Å². The van der Waals surface area contributed by atoms with E-state index >= 15 is 0 Å². The molecule has 0 amide bonds. The first-order valence-electron chi connectivity index (χ1n) is 1.01. The molecule has 0 aliphatic heterocycles. The van der Waals surface area contributed by atoms with Crippen molar-refractivity contribution < 1.29 is 30.2 Å². The fourth-order valence-electron chi connectivity index (χ4n) is 0. The molecule has 47 valence electrons. The third kappa shape index (κ3) is 6.53. The molecule has 0 spiro atoms. The summed E-state index contributed by atoms with van der Waals surface area (Å²) in [6.45, 7) is 0. The predicted molar refractivity (Wildman–Crippen MR) is 19.3 cm³/mol. The Morgan fingerprint density at radius 3 is 1.29 bits per heavy atom. The van der Waals surface area contributed by atoms with Gasteiger partial charge in [-0.15, -0.1) is 0 Å². The SMILES string of the molecule is FC(F)=C(F)Br.[Cu]. The van der Waals surface area contributed by atoms with E-state index in [-0.39, 0.29) is 17.1 Å². The Balaban J connectivity index is 0. The summed E-state index contributed by atoms with van der Waals surface area (Å²) >= 11 is 1.90. The molecule has 0 saturated carbocycles. The molecular weight excluding hydrogens is 224 g/mol. The maximum absolute atomic E-state index is 10.9. The van der Waals surface area contributed by atoms with Crippen LogP contribution in [0.2, 0.25) is 0 Å². The molecule has 0 bridgehead atoms. The molecule has 1 radical (unpaired) electrons. The average Bonchev–Trinajstić information content (AvgIpc) is 1.36. The predicted octanol–water partition coefficient (Wildman–Crippen LogP) is 2.41. The van der Waals surface area contributed by atoms with Crippen LogP contribution in [0.25, 0.3) is 0 Å². The van der Waals surface area contributed by atoms with Crippen molar-refractivity contribution >= 4 is 15.9 Å². The van der Waals surface area contributed by atoms with Crippen LogP contribution in [0.5, 0.6) is 0 Å². The minimum atomic E-state index is -2.32. The molecule has 0 unspecified atom stereocenters. The second kappa shape index (κ2) is 4.68. The summed E-state index contributed by atoms with van der Waals surface area (Å²) in [5, 5.41) is 0. The van der Waals surface area contributed by atoms with Gasteiger partial charge in [0.15, 0.2) is 0 Å². The molecule has 0 fully saturated rings. The summed E-state index contributed by atoms with van der Waals surface area (Å²) in [4.78, 5) is 0. The Labute approximate surface area is 57.4 Å². The molecule has 0 saturated heterocycles. The first-order valence-corrected chi connectivity index (χ1v) is 1.80. The van der Waals surface area contributed by atoms with Crippen LogP contribution in [0.3, 0.4) is 0 Å². The van der Waals surface area contributed by atoms with Crippen LogP contribution in [0.15, 0.2) is 10.8 Å². The van der Waals surface area contributed by atoms with Crippen molar-refractivity contribution in [3.63, 3.8) is 0 Å². The van der Waals surface area contributed by atoms with Gasteiger partial charge in [0, 0.05) is 17.1 Å². The summed E-state index contributed by atoms with van der Waals surface area (Å²) in [5.74, 6) is 0. The monoisotopic (exact) mass is 223 g/mol. The van der Waals surface area contributed by atoms with E-state index < -0.39 is 10.8 Å². The minimum Gasteiger partial charge on any atom is -0.193 e. The van der Waals surface area contributed by atoms with E-state index in [4.69, 9.17) is 0 Å². The summed E-state index contributed by atoms with van der Waals surface area (Å²) in [5.41, 5.74) is 0.